The van der Waals surface area contributed by atoms with Gasteiger partial charge in [0, 0.05) is 31.5 Å². The molecule has 1 aromatic heterocycles. The van der Waals surface area contributed by atoms with Crippen LogP contribution in [0.1, 0.15) is 46.1 Å². The van der Waals surface area contributed by atoms with Gasteiger partial charge in [-0.2, -0.15) is 0 Å². The molecule has 7 heteroatoms. The number of fused-ring (bicyclic) bond motifs is 2. The standard InChI is InChI=1S/C23H24N4O3/c1-27-19-5-3-2-4-18(19)25-20(27)13-17-16-7-6-15(21(28)26-30)12-14(16)8-9-23(17)10-11-24-22(23)29/h2-7,12,17,30H,8-11,13H2,1H3,(H,24,29)(H,26,28). The second-order valence-electron chi connectivity index (χ2n) is 8.35. The maximum atomic E-state index is 13.0. The van der Waals surface area contributed by atoms with E-state index in [2.05, 4.69) is 16.0 Å². The molecule has 2 aromatic carbocycles. The number of aromatic nitrogens is 2. The van der Waals surface area contributed by atoms with Gasteiger partial charge in [0.15, 0.2) is 0 Å². The zero-order valence-corrected chi connectivity index (χ0v) is 16.8. The number of nitrogens with one attached hydrogen (secondary N) is 2. The number of imidazole rings is 1. The fourth-order valence-corrected chi connectivity index (χ4v) is 5.32. The Labute approximate surface area is 174 Å². The van der Waals surface area contributed by atoms with E-state index in [1.165, 1.54) is 0 Å². The maximum Gasteiger partial charge on any atom is 0.274 e. The number of rotatable bonds is 3. The van der Waals surface area contributed by atoms with Gasteiger partial charge in [-0.1, -0.05) is 18.2 Å². The lowest BCUT2D eigenvalue weighted by Gasteiger charge is -2.40. The molecular formula is C23H24N4O3. The van der Waals surface area contributed by atoms with Crippen LogP contribution in [0.15, 0.2) is 42.5 Å². The van der Waals surface area contributed by atoms with E-state index >= 15 is 0 Å². The molecule has 3 aromatic rings. The minimum atomic E-state index is -0.524. The average molecular weight is 404 g/mol. The number of hydrogen-bond acceptors (Lipinski definition) is 4. The Bertz CT molecular complexity index is 1170. The molecule has 0 saturated carbocycles. The molecule has 1 aliphatic carbocycles. The molecule has 2 heterocycles. The summed E-state index contributed by atoms with van der Waals surface area (Å²) in [7, 11) is 2.02. The van der Waals surface area contributed by atoms with Crippen molar-refractivity contribution in [1.29, 1.82) is 0 Å². The molecule has 7 nitrogen and oxygen atoms in total. The molecule has 0 radical (unpaired) electrons. The van der Waals surface area contributed by atoms with Gasteiger partial charge in [-0.3, -0.25) is 14.8 Å². The van der Waals surface area contributed by atoms with E-state index in [0.29, 0.717) is 18.5 Å². The molecule has 1 spiro atoms. The topological polar surface area (TPSA) is 96.3 Å². The van der Waals surface area contributed by atoms with E-state index in [1.54, 1.807) is 11.5 Å². The van der Waals surface area contributed by atoms with Crippen molar-refractivity contribution in [2.24, 2.45) is 12.5 Å². The van der Waals surface area contributed by atoms with Crippen molar-refractivity contribution >= 4 is 22.8 Å². The van der Waals surface area contributed by atoms with Crippen LogP contribution in [0, 0.1) is 5.41 Å². The number of aryl methyl sites for hydroxylation is 2. The minimum absolute atomic E-state index is 0.0227. The molecule has 2 aliphatic rings. The van der Waals surface area contributed by atoms with Crippen LogP contribution in [-0.4, -0.2) is 33.1 Å². The van der Waals surface area contributed by atoms with Gasteiger partial charge in [0.1, 0.15) is 5.82 Å². The summed E-state index contributed by atoms with van der Waals surface area (Å²) in [5.74, 6) is 0.522. The maximum absolute atomic E-state index is 13.0. The van der Waals surface area contributed by atoms with E-state index in [0.717, 1.165) is 47.2 Å². The monoisotopic (exact) mass is 404 g/mol. The van der Waals surface area contributed by atoms with Crippen LogP contribution in [0.4, 0.5) is 0 Å². The normalized spacial score (nSPS) is 22.9. The first-order valence-electron chi connectivity index (χ1n) is 10.3. The molecule has 5 rings (SSSR count). The molecule has 0 bridgehead atoms. The molecule has 2 amide bonds. The molecule has 1 aliphatic heterocycles. The van der Waals surface area contributed by atoms with Crippen molar-refractivity contribution in [2.45, 2.75) is 31.6 Å². The molecule has 1 saturated heterocycles. The summed E-state index contributed by atoms with van der Waals surface area (Å²) in [4.78, 5) is 29.7. The third-order valence-electron chi connectivity index (χ3n) is 6.96. The number of hydrogen-bond donors (Lipinski definition) is 3. The van der Waals surface area contributed by atoms with Gasteiger partial charge >= 0.3 is 0 Å². The molecule has 154 valence electrons. The predicted octanol–water partition coefficient (Wildman–Crippen LogP) is 2.47. The van der Waals surface area contributed by atoms with Gasteiger partial charge < -0.3 is 9.88 Å². The van der Waals surface area contributed by atoms with Crippen LogP contribution in [0.3, 0.4) is 0 Å². The van der Waals surface area contributed by atoms with Gasteiger partial charge in [-0.15, -0.1) is 0 Å². The van der Waals surface area contributed by atoms with Crippen LogP contribution in [0.25, 0.3) is 11.0 Å². The minimum Gasteiger partial charge on any atom is -0.356 e. The lowest BCUT2D eigenvalue weighted by atomic mass is 9.61. The number of carbonyl (C=O) groups is 2. The summed E-state index contributed by atoms with van der Waals surface area (Å²) >= 11 is 0. The van der Waals surface area contributed by atoms with Crippen LogP contribution in [0.2, 0.25) is 0 Å². The smallest absolute Gasteiger partial charge is 0.274 e. The van der Waals surface area contributed by atoms with Crippen LogP contribution < -0.4 is 10.8 Å². The Morgan fingerprint density at radius 3 is 2.87 bits per heavy atom. The molecule has 2 unspecified atom stereocenters. The van der Waals surface area contributed by atoms with Crippen molar-refractivity contribution in [3.8, 4) is 0 Å². The number of carbonyl (C=O) groups excluding carboxylic acids is 2. The SMILES string of the molecule is Cn1c(CC2c3ccc(C(=O)NO)cc3CCC23CCNC3=O)nc2ccccc21. The second kappa shape index (κ2) is 6.95. The Morgan fingerprint density at radius 2 is 2.13 bits per heavy atom. The van der Waals surface area contributed by atoms with E-state index < -0.39 is 11.3 Å². The Hall–Kier alpha value is -3.19. The van der Waals surface area contributed by atoms with Crippen molar-refractivity contribution in [3.63, 3.8) is 0 Å². The highest BCUT2D eigenvalue weighted by Gasteiger charge is 2.51. The van der Waals surface area contributed by atoms with E-state index in [-0.39, 0.29) is 11.8 Å². The highest BCUT2D eigenvalue weighted by atomic mass is 16.5. The zero-order valence-electron chi connectivity index (χ0n) is 16.8. The molecular weight excluding hydrogens is 380 g/mol. The third kappa shape index (κ3) is 2.73. The summed E-state index contributed by atoms with van der Waals surface area (Å²) in [5.41, 5.74) is 5.85. The van der Waals surface area contributed by atoms with Crippen LogP contribution >= 0.6 is 0 Å². The summed E-state index contributed by atoms with van der Waals surface area (Å²) < 4.78 is 2.11. The predicted molar refractivity (Wildman–Crippen MR) is 111 cm³/mol. The van der Waals surface area contributed by atoms with Crippen molar-refractivity contribution in [3.05, 3.63) is 65.0 Å². The number of para-hydroxylation sites is 2. The summed E-state index contributed by atoms with van der Waals surface area (Å²) in [5, 5.41) is 12.0. The zero-order chi connectivity index (χ0) is 20.9. The Kier molecular flexibility index (Phi) is 4.36. The number of amides is 2. The first-order chi connectivity index (χ1) is 14.5. The van der Waals surface area contributed by atoms with Crippen molar-refractivity contribution < 1.29 is 14.8 Å². The fourth-order valence-electron chi connectivity index (χ4n) is 5.32. The number of hydroxylamine groups is 1. The summed E-state index contributed by atoms with van der Waals surface area (Å²) in [6, 6.07) is 13.5. The van der Waals surface area contributed by atoms with Crippen molar-refractivity contribution in [1.82, 2.24) is 20.3 Å². The van der Waals surface area contributed by atoms with Gasteiger partial charge in [0.2, 0.25) is 5.91 Å². The Morgan fingerprint density at radius 1 is 1.30 bits per heavy atom. The van der Waals surface area contributed by atoms with Gasteiger partial charge in [-0.05, 0) is 54.7 Å². The quantitative estimate of drug-likeness (QED) is 0.462. The van der Waals surface area contributed by atoms with Gasteiger partial charge in [0.05, 0.1) is 16.4 Å². The first-order valence-corrected chi connectivity index (χ1v) is 10.3. The summed E-state index contributed by atoms with van der Waals surface area (Å²) in [6.45, 7) is 0.693. The van der Waals surface area contributed by atoms with E-state index in [4.69, 9.17) is 10.2 Å². The third-order valence-corrected chi connectivity index (χ3v) is 6.96. The molecule has 2 atom stereocenters. The lowest BCUT2D eigenvalue weighted by Crippen LogP contribution is -2.41. The number of nitrogens with zero attached hydrogens (tertiary/aromatic N) is 2. The molecule has 1 fully saturated rings. The lowest BCUT2D eigenvalue weighted by molar-refractivity contribution is -0.129. The van der Waals surface area contributed by atoms with Crippen LogP contribution in [-0.2, 0) is 24.7 Å². The Balaban J connectivity index is 1.61. The first kappa shape index (κ1) is 18.8. The number of benzene rings is 2. The second-order valence-corrected chi connectivity index (χ2v) is 8.35. The van der Waals surface area contributed by atoms with Gasteiger partial charge in [0.25, 0.3) is 5.91 Å². The highest BCUT2D eigenvalue weighted by Crippen LogP contribution is 2.51. The van der Waals surface area contributed by atoms with Gasteiger partial charge in [-0.25, -0.2) is 10.5 Å². The largest absolute Gasteiger partial charge is 0.356 e. The van der Waals surface area contributed by atoms with E-state index in [9.17, 15) is 9.59 Å². The molecule has 30 heavy (non-hydrogen) atoms. The highest BCUT2D eigenvalue weighted by molar-refractivity contribution is 5.94. The fraction of sp³-hybridized carbons (Fsp3) is 0.348. The van der Waals surface area contributed by atoms with Crippen LogP contribution in [0.5, 0.6) is 0 Å². The van der Waals surface area contributed by atoms with Crippen molar-refractivity contribution in [2.75, 3.05) is 6.54 Å². The van der Waals surface area contributed by atoms with E-state index in [1.807, 2.05) is 37.4 Å². The molecule has 3 N–H and O–H groups in total. The average Bonchev–Trinajstić information content (AvgIpc) is 3.29. The summed E-state index contributed by atoms with van der Waals surface area (Å²) in [6.07, 6.45) is 2.93.